The number of nitrogens with zero attached hydrogens (tertiary/aromatic N) is 3. The normalized spacial score (nSPS) is 10.1. The number of aromatic nitrogens is 3. The number of carboxylic acid groups (broad SMARTS) is 1. The topological polar surface area (TPSA) is 77.2 Å². The lowest BCUT2D eigenvalue weighted by atomic mass is 10.2. The van der Waals surface area contributed by atoms with E-state index < -0.39 is 5.97 Å². The van der Waals surface area contributed by atoms with Crippen molar-refractivity contribution in [1.82, 2.24) is 14.8 Å². The maximum absolute atomic E-state index is 10.9. The van der Waals surface area contributed by atoms with Gasteiger partial charge in [0.2, 0.25) is 0 Å². The molecule has 17 heavy (non-hydrogen) atoms. The SMILES string of the molecule is O=C(O)c1ccccc1OCCn1cncn1. The van der Waals surface area contributed by atoms with Crippen molar-refractivity contribution in [1.29, 1.82) is 0 Å². The van der Waals surface area contributed by atoms with Crippen LogP contribution in [-0.2, 0) is 6.54 Å². The molecule has 0 radical (unpaired) electrons. The van der Waals surface area contributed by atoms with Crippen LogP contribution in [0.25, 0.3) is 0 Å². The summed E-state index contributed by atoms with van der Waals surface area (Å²) in [7, 11) is 0. The fourth-order valence-corrected chi connectivity index (χ4v) is 1.37. The minimum absolute atomic E-state index is 0.158. The molecule has 1 heterocycles. The Labute approximate surface area is 97.5 Å². The molecule has 0 saturated heterocycles. The van der Waals surface area contributed by atoms with Crippen molar-refractivity contribution >= 4 is 5.97 Å². The Hall–Kier alpha value is -2.37. The Morgan fingerprint density at radius 3 is 2.94 bits per heavy atom. The largest absolute Gasteiger partial charge is 0.491 e. The third-order valence-electron chi connectivity index (χ3n) is 2.16. The van der Waals surface area contributed by atoms with Gasteiger partial charge in [0.25, 0.3) is 0 Å². The predicted octanol–water partition coefficient (Wildman–Crippen LogP) is 1.06. The highest BCUT2D eigenvalue weighted by Gasteiger charge is 2.09. The molecule has 6 nitrogen and oxygen atoms in total. The summed E-state index contributed by atoms with van der Waals surface area (Å²) in [6.45, 7) is 0.863. The molecule has 0 aliphatic heterocycles. The second-order valence-corrected chi connectivity index (χ2v) is 3.31. The first kappa shape index (κ1) is 11.1. The lowest BCUT2D eigenvalue weighted by molar-refractivity contribution is 0.0692. The first-order chi connectivity index (χ1) is 8.27. The number of hydrogen-bond acceptors (Lipinski definition) is 4. The molecule has 0 atom stereocenters. The number of para-hydroxylation sites is 1. The number of rotatable bonds is 5. The van der Waals surface area contributed by atoms with Crippen LogP contribution in [0.2, 0.25) is 0 Å². The predicted molar refractivity (Wildman–Crippen MR) is 58.9 cm³/mol. The zero-order chi connectivity index (χ0) is 12.1. The Bertz CT molecular complexity index is 496. The van der Waals surface area contributed by atoms with Crippen molar-refractivity contribution in [3.63, 3.8) is 0 Å². The van der Waals surface area contributed by atoms with Crippen LogP contribution in [0.4, 0.5) is 0 Å². The lowest BCUT2D eigenvalue weighted by Gasteiger charge is -2.08. The van der Waals surface area contributed by atoms with Crippen molar-refractivity contribution in [3.05, 3.63) is 42.5 Å². The fraction of sp³-hybridized carbons (Fsp3) is 0.182. The minimum atomic E-state index is -0.999. The molecule has 6 heteroatoms. The molecular weight excluding hydrogens is 222 g/mol. The molecule has 0 spiro atoms. The van der Waals surface area contributed by atoms with Crippen LogP contribution in [-0.4, -0.2) is 32.4 Å². The number of carboxylic acids is 1. The van der Waals surface area contributed by atoms with Crippen LogP contribution in [0.1, 0.15) is 10.4 Å². The molecule has 88 valence electrons. The minimum Gasteiger partial charge on any atom is -0.491 e. The van der Waals surface area contributed by atoms with Gasteiger partial charge in [-0.15, -0.1) is 0 Å². The van der Waals surface area contributed by atoms with Crippen molar-refractivity contribution in [2.45, 2.75) is 6.54 Å². The zero-order valence-corrected chi connectivity index (χ0v) is 8.98. The number of ether oxygens (including phenoxy) is 1. The molecule has 2 aromatic rings. The maximum atomic E-state index is 10.9. The van der Waals surface area contributed by atoms with E-state index in [0.29, 0.717) is 18.9 Å². The van der Waals surface area contributed by atoms with E-state index in [2.05, 4.69) is 10.1 Å². The van der Waals surface area contributed by atoms with E-state index in [-0.39, 0.29) is 5.56 Å². The van der Waals surface area contributed by atoms with E-state index in [4.69, 9.17) is 9.84 Å². The van der Waals surface area contributed by atoms with Crippen LogP contribution in [0.15, 0.2) is 36.9 Å². The molecular formula is C11H11N3O3. The molecule has 0 fully saturated rings. The van der Waals surface area contributed by atoms with Gasteiger partial charge in [-0.2, -0.15) is 5.10 Å². The summed E-state index contributed by atoms with van der Waals surface area (Å²) in [4.78, 5) is 14.7. The summed E-state index contributed by atoms with van der Waals surface area (Å²) in [6.07, 6.45) is 3.01. The van der Waals surface area contributed by atoms with Gasteiger partial charge >= 0.3 is 5.97 Å². The van der Waals surface area contributed by atoms with E-state index in [9.17, 15) is 4.79 Å². The Morgan fingerprint density at radius 1 is 1.41 bits per heavy atom. The van der Waals surface area contributed by atoms with Gasteiger partial charge in [0.15, 0.2) is 0 Å². The monoisotopic (exact) mass is 233 g/mol. The van der Waals surface area contributed by atoms with Crippen LogP contribution in [0.3, 0.4) is 0 Å². The van der Waals surface area contributed by atoms with Gasteiger partial charge in [-0.25, -0.2) is 14.5 Å². The third-order valence-corrected chi connectivity index (χ3v) is 2.16. The van der Waals surface area contributed by atoms with Gasteiger partial charge in [-0.05, 0) is 12.1 Å². The van der Waals surface area contributed by atoms with Crippen LogP contribution in [0.5, 0.6) is 5.75 Å². The van der Waals surface area contributed by atoms with Gasteiger partial charge in [-0.3, -0.25) is 0 Å². The Kier molecular flexibility index (Phi) is 3.34. The van der Waals surface area contributed by atoms with Gasteiger partial charge < -0.3 is 9.84 Å². The highest BCUT2D eigenvalue weighted by molar-refractivity contribution is 5.90. The van der Waals surface area contributed by atoms with Gasteiger partial charge in [0, 0.05) is 0 Å². The fourth-order valence-electron chi connectivity index (χ4n) is 1.37. The van der Waals surface area contributed by atoms with Gasteiger partial charge in [0.05, 0.1) is 6.54 Å². The van der Waals surface area contributed by atoms with E-state index in [0.717, 1.165) is 0 Å². The summed E-state index contributed by atoms with van der Waals surface area (Å²) in [6, 6.07) is 6.53. The lowest BCUT2D eigenvalue weighted by Crippen LogP contribution is -2.10. The van der Waals surface area contributed by atoms with E-state index in [1.807, 2.05) is 0 Å². The zero-order valence-electron chi connectivity index (χ0n) is 8.98. The summed E-state index contributed by atoms with van der Waals surface area (Å²) in [5.74, 6) is -0.638. The van der Waals surface area contributed by atoms with Crippen molar-refractivity contribution in [2.24, 2.45) is 0 Å². The average Bonchev–Trinajstić information content (AvgIpc) is 2.82. The Balaban J connectivity index is 1.97. The maximum Gasteiger partial charge on any atom is 0.339 e. The molecule has 2 rings (SSSR count). The number of carbonyl (C=O) groups is 1. The smallest absolute Gasteiger partial charge is 0.339 e. The second kappa shape index (κ2) is 5.11. The van der Waals surface area contributed by atoms with Gasteiger partial charge in [-0.1, -0.05) is 12.1 Å². The number of aromatic carboxylic acids is 1. The standard InChI is InChI=1S/C11H11N3O3/c15-11(16)9-3-1-2-4-10(9)17-6-5-14-8-12-7-13-14/h1-4,7-8H,5-6H2,(H,15,16). The number of hydrogen-bond donors (Lipinski definition) is 1. The molecule has 0 unspecified atom stereocenters. The van der Waals surface area contributed by atoms with E-state index in [1.54, 1.807) is 29.2 Å². The molecule has 1 aromatic heterocycles. The highest BCUT2D eigenvalue weighted by Crippen LogP contribution is 2.17. The summed E-state index contributed by atoms with van der Waals surface area (Å²) >= 11 is 0. The van der Waals surface area contributed by atoms with E-state index >= 15 is 0 Å². The molecule has 0 aliphatic rings. The summed E-state index contributed by atoms with van der Waals surface area (Å²) in [5.41, 5.74) is 0.158. The van der Waals surface area contributed by atoms with Crippen LogP contribution in [0, 0.1) is 0 Å². The Morgan fingerprint density at radius 2 is 2.24 bits per heavy atom. The second-order valence-electron chi connectivity index (χ2n) is 3.31. The van der Waals surface area contributed by atoms with Crippen LogP contribution < -0.4 is 4.74 Å². The van der Waals surface area contributed by atoms with E-state index in [1.165, 1.54) is 12.4 Å². The first-order valence-corrected chi connectivity index (χ1v) is 5.05. The average molecular weight is 233 g/mol. The van der Waals surface area contributed by atoms with Crippen molar-refractivity contribution in [3.8, 4) is 5.75 Å². The molecule has 0 saturated carbocycles. The van der Waals surface area contributed by atoms with Crippen molar-refractivity contribution in [2.75, 3.05) is 6.61 Å². The third kappa shape index (κ3) is 2.81. The quantitative estimate of drug-likeness (QED) is 0.835. The molecule has 1 N–H and O–H groups in total. The number of benzene rings is 1. The molecule has 0 amide bonds. The van der Waals surface area contributed by atoms with Crippen LogP contribution >= 0.6 is 0 Å². The first-order valence-electron chi connectivity index (χ1n) is 5.05. The summed E-state index contributed by atoms with van der Waals surface area (Å²) in [5, 5.41) is 12.9. The molecule has 1 aromatic carbocycles. The molecule has 0 aliphatic carbocycles. The highest BCUT2D eigenvalue weighted by atomic mass is 16.5. The molecule has 0 bridgehead atoms. The van der Waals surface area contributed by atoms with Gasteiger partial charge in [0.1, 0.15) is 30.6 Å². The summed E-state index contributed by atoms with van der Waals surface area (Å²) < 4.78 is 7.02. The van der Waals surface area contributed by atoms with Crippen molar-refractivity contribution < 1.29 is 14.6 Å².